The van der Waals surface area contributed by atoms with E-state index in [2.05, 4.69) is 0 Å². The van der Waals surface area contributed by atoms with Crippen LogP contribution in [0.4, 0.5) is 4.39 Å². The van der Waals surface area contributed by atoms with Crippen LogP contribution in [-0.2, 0) is 16.1 Å². The third-order valence-electron chi connectivity index (χ3n) is 3.84. The average molecular weight is 347 g/mol. The smallest absolute Gasteiger partial charge is 0.374 e. The lowest BCUT2D eigenvalue weighted by Gasteiger charge is -2.14. The number of carbonyl (C=O) groups is 2. The maximum Gasteiger partial charge on any atom is 0.374 e. The zero-order valence-electron chi connectivity index (χ0n) is 13.6. The molecule has 3 rings (SSSR count). The summed E-state index contributed by atoms with van der Waals surface area (Å²) < 4.78 is 28.6. The summed E-state index contributed by atoms with van der Waals surface area (Å²) in [7, 11) is 0. The Morgan fingerprint density at radius 2 is 1.80 bits per heavy atom. The molecule has 0 radical (unpaired) electrons. The molecular formula is C18H18FNO5. The summed E-state index contributed by atoms with van der Waals surface area (Å²) in [4.78, 5) is 25.4. The van der Waals surface area contributed by atoms with E-state index in [-0.39, 0.29) is 30.7 Å². The van der Waals surface area contributed by atoms with Crippen molar-refractivity contribution in [1.29, 1.82) is 0 Å². The fourth-order valence-electron chi connectivity index (χ4n) is 2.51. The molecule has 0 N–H and O–H groups in total. The Hall–Kier alpha value is -2.83. The van der Waals surface area contributed by atoms with Crippen LogP contribution in [0.15, 0.2) is 40.8 Å². The van der Waals surface area contributed by atoms with Crippen molar-refractivity contribution < 1.29 is 27.9 Å². The molecule has 0 saturated carbocycles. The van der Waals surface area contributed by atoms with Gasteiger partial charge in [0.05, 0.1) is 0 Å². The number of rotatable bonds is 6. The number of amides is 1. The van der Waals surface area contributed by atoms with Crippen LogP contribution in [0.3, 0.4) is 0 Å². The van der Waals surface area contributed by atoms with Crippen molar-refractivity contribution in [3.8, 4) is 5.75 Å². The predicted octanol–water partition coefficient (Wildman–Crippen LogP) is 2.78. The van der Waals surface area contributed by atoms with E-state index >= 15 is 0 Å². The van der Waals surface area contributed by atoms with Crippen LogP contribution in [0.25, 0.3) is 0 Å². The molecular weight excluding hydrogens is 329 g/mol. The first-order valence-corrected chi connectivity index (χ1v) is 8.04. The van der Waals surface area contributed by atoms with Gasteiger partial charge >= 0.3 is 5.97 Å². The van der Waals surface area contributed by atoms with E-state index in [4.69, 9.17) is 13.9 Å². The Labute approximate surface area is 144 Å². The number of furan rings is 1. The highest BCUT2D eigenvalue weighted by Crippen LogP contribution is 2.16. The molecule has 1 amide bonds. The van der Waals surface area contributed by atoms with E-state index in [0.29, 0.717) is 24.6 Å². The minimum atomic E-state index is -0.694. The number of halogens is 1. The van der Waals surface area contributed by atoms with E-state index in [1.807, 2.05) is 0 Å². The number of likely N-dealkylation sites (tertiary alicyclic amines) is 1. The minimum absolute atomic E-state index is 0.00641. The molecule has 25 heavy (non-hydrogen) atoms. The number of carbonyl (C=O) groups excluding carboxylic acids is 2. The molecule has 1 saturated heterocycles. The number of benzene rings is 1. The first kappa shape index (κ1) is 17.0. The molecule has 0 bridgehead atoms. The van der Waals surface area contributed by atoms with Gasteiger partial charge in [0.2, 0.25) is 5.76 Å². The van der Waals surface area contributed by atoms with Gasteiger partial charge in [-0.15, -0.1) is 0 Å². The average Bonchev–Trinajstić information content (AvgIpc) is 3.30. The second-order valence-corrected chi connectivity index (χ2v) is 5.67. The molecule has 0 aliphatic carbocycles. The molecule has 1 aliphatic heterocycles. The van der Waals surface area contributed by atoms with Gasteiger partial charge in [-0.3, -0.25) is 4.79 Å². The van der Waals surface area contributed by atoms with Crippen molar-refractivity contribution in [1.82, 2.24) is 4.90 Å². The summed E-state index contributed by atoms with van der Waals surface area (Å²) >= 11 is 0. The largest absolute Gasteiger partial charge is 0.486 e. The topological polar surface area (TPSA) is 69.0 Å². The van der Waals surface area contributed by atoms with Crippen molar-refractivity contribution in [2.45, 2.75) is 19.4 Å². The van der Waals surface area contributed by atoms with E-state index in [9.17, 15) is 14.0 Å². The lowest BCUT2D eigenvalue weighted by atomic mass is 10.3. The molecule has 6 nitrogen and oxygen atoms in total. The van der Waals surface area contributed by atoms with Crippen LogP contribution in [0.2, 0.25) is 0 Å². The number of esters is 1. The summed E-state index contributed by atoms with van der Waals surface area (Å²) in [6.07, 6.45) is 1.96. The Kier molecular flexibility index (Phi) is 5.33. The molecule has 1 aromatic carbocycles. The first-order chi connectivity index (χ1) is 12.1. The molecule has 132 valence electrons. The molecule has 0 spiro atoms. The van der Waals surface area contributed by atoms with Crippen molar-refractivity contribution in [2.24, 2.45) is 0 Å². The Morgan fingerprint density at radius 3 is 2.52 bits per heavy atom. The Morgan fingerprint density at radius 1 is 1.08 bits per heavy atom. The van der Waals surface area contributed by atoms with Crippen LogP contribution < -0.4 is 4.74 Å². The molecule has 7 heteroatoms. The first-order valence-electron chi connectivity index (χ1n) is 8.04. The molecule has 2 heterocycles. The maximum atomic E-state index is 12.8. The van der Waals surface area contributed by atoms with Gasteiger partial charge in [0.15, 0.2) is 6.61 Å². The monoisotopic (exact) mass is 347 g/mol. The molecule has 0 unspecified atom stereocenters. The van der Waals surface area contributed by atoms with E-state index < -0.39 is 5.97 Å². The fourth-order valence-corrected chi connectivity index (χ4v) is 2.51. The highest BCUT2D eigenvalue weighted by Gasteiger charge is 2.20. The van der Waals surface area contributed by atoms with Gasteiger partial charge in [-0.2, -0.15) is 0 Å². The summed E-state index contributed by atoms with van der Waals surface area (Å²) in [5, 5.41) is 0. The molecule has 1 fully saturated rings. The summed E-state index contributed by atoms with van der Waals surface area (Å²) in [6, 6.07) is 8.62. The van der Waals surface area contributed by atoms with Gasteiger partial charge in [0.25, 0.3) is 5.91 Å². The third kappa shape index (κ3) is 4.59. The number of hydrogen-bond donors (Lipinski definition) is 0. The molecule has 1 aromatic heterocycles. The van der Waals surface area contributed by atoms with Crippen molar-refractivity contribution >= 4 is 11.9 Å². The van der Waals surface area contributed by atoms with E-state index in [1.165, 1.54) is 30.3 Å². The van der Waals surface area contributed by atoms with Gasteiger partial charge in [0.1, 0.15) is 23.9 Å². The van der Waals surface area contributed by atoms with Crippen LogP contribution in [0.1, 0.15) is 29.2 Å². The summed E-state index contributed by atoms with van der Waals surface area (Å²) in [5.41, 5.74) is 0. The second kappa shape index (κ2) is 7.83. The lowest BCUT2D eigenvalue weighted by molar-refractivity contribution is -0.133. The SMILES string of the molecule is O=C(OCC(=O)N1CCCC1)c1ccc(COc2ccc(F)cc2)o1. The van der Waals surface area contributed by atoms with Crippen molar-refractivity contribution in [2.75, 3.05) is 19.7 Å². The fraction of sp³-hybridized carbons (Fsp3) is 0.333. The highest BCUT2D eigenvalue weighted by atomic mass is 19.1. The highest BCUT2D eigenvalue weighted by molar-refractivity contribution is 5.88. The van der Waals surface area contributed by atoms with Gasteiger partial charge in [-0.25, -0.2) is 9.18 Å². The Balaban J connectivity index is 1.47. The second-order valence-electron chi connectivity index (χ2n) is 5.67. The lowest BCUT2D eigenvalue weighted by Crippen LogP contribution is -2.32. The zero-order valence-corrected chi connectivity index (χ0v) is 13.6. The molecule has 0 atom stereocenters. The van der Waals surface area contributed by atoms with Gasteiger partial charge < -0.3 is 18.8 Å². The molecule has 1 aliphatic rings. The van der Waals surface area contributed by atoms with Gasteiger partial charge in [0, 0.05) is 13.1 Å². The van der Waals surface area contributed by atoms with Crippen molar-refractivity contribution in [3.63, 3.8) is 0 Å². The standard InChI is InChI=1S/C18H18FNO5/c19-13-3-5-14(6-4-13)23-11-15-7-8-16(25-15)18(22)24-12-17(21)20-9-1-2-10-20/h3-8H,1-2,9-12H2. The zero-order chi connectivity index (χ0) is 17.6. The summed E-state index contributed by atoms with van der Waals surface area (Å²) in [6.45, 7) is 1.22. The predicted molar refractivity (Wildman–Crippen MR) is 85.5 cm³/mol. The van der Waals surface area contributed by atoms with Crippen LogP contribution in [0.5, 0.6) is 5.75 Å². The van der Waals surface area contributed by atoms with Gasteiger partial charge in [-0.05, 0) is 49.2 Å². The van der Waals surface area contributed by atoms with Crippen LogP contribution >= 0.6 is 0 Å². The van der Waals surface area contributed by atoms with E-state index in [1.54, 1.807) is 11.0 Å². The number of ether oxygens (including phenoxy) is 2. The maximum absolute atomic E-state index is 12.8. The van der Waals surface area contributed by atoms with Gasteiger partial charge in [-0.1, -0.05) is 0 Å². The number of nitrogens with zero attached hydrogens (tertiary/aromatic N) is 1. The quantitative estimate of drug-likeness (QED) is 0.752. The normalized spacial score (nSPS) is 13.7. The Bertz CT molecular complexity index is 734. The van der Waals surface area contributed by atoms with E-state index in [0.717, 1.165) is 12.8 Å². The minimum Gasteiger partial charge on any atom is -0.486 e. The summed E-state index contributed by atoms with van der Waals surface area (Å²) in [5.74, 6) is -0.330. The van der Waals surface area contributed by atoms with Crippen molar-refractivity contribution in [3.05, 3.63) is 53.7 Å². The van der Waals surface area contributed by atoms with Crippen LogP contribution in [-0.4, -0.2) is 36.5 Å². The third-order valence-corrected chi connectivity index (χ3v) is 3.84. The molecule has 2 aromatic rings. The van der Waals surface area contributed by atoms with Crippen LogP contribution in [0, 0.1) is 5.82 Å². The number of hydrogen-bond acceptors (Lipinski definition) is 5.